The van der Waals surface area contributed by atoms with E-state index in [1.165, 1.54) is 0 Å². The fourth-order valence-corrected chi connectivity index (χ4v) is 4.17. The predicted octanol–water partition coefficient (Wildman–Crippen LogP) is 3.93. The van der Waals surface area contributed by atoms with Crippen molar-refractivity contribution in [1.29, 1.82) is 0 Å². The SMILES string of the molecule is CC(C)OCCn1cc(-c2ccc(NCCc3ccccc3Cl)cc2S(N)(=O)=O)cn1. The summed E-state index contributed by atoms with van der Waals surface area (Å²) in [5, 5.41) is 13.8. The van der Waals surface area contributed by atoms with E-state index >= 15 is 0 Å². The van der Waals surface area contributed by atoms with E-state index in [4.69, 9.17) is 21.5 Å². The molecule has 0 saturated carbocycles. The minimum atomic E-state index is -3.93. The molecular formula is C22H27ClN4O3S. The molecule has 0 aliphatic heterocycles. The van der Waals surface area contributed by atoms with Crippen LogP contribution in [0.4, 0.5) is 5.69 Å². The summed E-state index contributed by atoms with van der Waals surface area (Å²) in [6.07, 6.45) is 4.27. The van der Waals surface area contributed by atoms with E-state index in [1.807, 2.05) is 44.2 Å². The highest BCUT2D eigenvalue weighted by molar-refractivity contribution is 7.89. The Hall–Kier alpha value is -2.39. The Morgan fingerprint density at radius 2 is 2.00 bits per heavy atom. The van der Waals surface area contributed by atoms with Gasteiger partial charge in [-0.05, 0) is 44.0 Å². The van der Waals surface area contributed by atoms with Gasteiger partial charge in [0.2, 0.25) is 10.0 Å². The third kappa shape index (κ3) is 6.54. The van der Waals surface area contributed by atoms with Crippen LogP contribution in [0.25, 0.3) is 11.1 Å². The maximum absolute atomic E-state index is 12.3. The average molecular weight is 463 g/mol. The number of benzene rings is 2. The molecule has 0 fully saturated rings. The molecule has 3 rings (SSSR count). The Balaban J connectivity index is 1.75. The highest BCUT2D eigenvalue weighted by atomic mass is 35.5. The number of halogens is 1. The molecule has 0 radical (unpaired) electrons. The van der Waals surface area contributed by atoms with Gasteiger partial charge in [0.1, 0.15) is 0 Å². The molecule has 0 aliphatic carbocycles. The van der Waals surface area contributed by atoms with Gasteiger partial charge >= 0.3 is 0 Å². The normalized spacial score (nSPS) is 11.8. The lowest BCUT2D eigenvalue weighted by Crippen LogP contribution is -2.14. The minimum Gasteiger partial charge on any atom is -0.385 e. The molecule has 166 valence electrons. The van der Waals surface area contributed by atoms with E-state index in [0.717, 1.165) is 5.56 Å². The number of nitrogens with zero attached hydrogens (tertiary/aromatic N) is 2. The summed E-state index contributed by atoms with van der Waals surface area (Å²) in [5.41, 5.74) is 2.87. The second kappa shape index (κ2) is 10.3. The van der Waals surface area contributed by atoms with Gasteiger partial charge in [-0.25, -0.2) is 13.6 Å². The highest BCUT2D eigenvalue weighted by Gasteiger charge is 2.17. The number of nitrogens with two attached hydrogens (primary N) is 1. The molecule has 7 nitrogen and oxygen atoms in total. The monoisotopic (exact) mass is 462 g/mol. The third-order valence-corrected chi connectivity index (χ3v) is 6.00. The minimum absolute atomic E-state index is 0.0493. The van der Waals surface area contributed by atoms with Gasteiger partial charge in [-0.1, -0.05) is 35.9 Å². The van der Waals surface area contributed by atoms with Crippen LogP contribution in [0.5, 0.6) is 0 Å². The number of ether oxygens (including phenoxy) is 1. The summed E-state index contributed by atoms with van der Waals surface area (Å²) >= 11 is 6.19. The molecule has 0 bridgehead atoms. The van der Waals surface area contributed by atoms with Crippen molar-refractivity contribution >= 4 is 27.3 Å². The molecule has 3 N–H and O–H groups in total. The molecule has 1 aromatic heterocycles. The van der Waals surface area contributed by atoms with Crippen molar-refractivity contribution in [2.75, 3.05) is 18.5 Å². The van der Waals surface area contributed by atoms with Gasteiger partial charge in [0.05, 0.1) is 30.3 Å². The van der Waals surface area contributed by atoms with Crippen LogP contribution < -0.4 is 10.5 Å². The molecule has 9 heteroatoms. The standard InChI is InChI=1S/C22H27ClN4O3S/c1-16(2)30-12-11-27-15-18(14-26-27)20-8-7-19(13-22(20)31(24,28)29)25-10-9-17-5-3-4-6-21(17)23/h3-8,13-16,25H,9-12H2,1-2H3,(H2,24,28,29). The summed E-state index contributed by atoms with van der Waals surface area (Å²) in [4.78, 5) is 0.0493. The first-order valence-corrected chi connectivity index (χ1v) is 11.9. The van der Waals surface area contributed by atoms with Gasteiger partial charge in [0.25, 0.3) is 0 Å². The predicted molar refractivity (Wildman–Crippen MR) is 124 cm³/mol. The zero-order valence-electron chi connectivity index (χ0n) is 17.6. The lowest BCUT2D eigenvalue weighted by atomic mass is 10.1. The van der Waals surface area contributed by atoms with E-state index in [9.17, 15) is 8.42 Å². The van der Waals surface area contributed by atoms with E-state index < -0.39 is 10.0 Å². The maximum atomic E-state index is 12.3. The average Bonchev–Trinajstić information content (AvgIpc) is 3.17. The van der Waals surface area contributed by atoms with Crippen LogP contribution >= 0.6 is 11.6 Å². The van der Waals surface area contributed by atoms with Crippen molar-refractivity contribution in [2.24, 2.45) is 5.14 Å². The Bertz CT molecular complexity index is 1130. The number of nitrogens with one attached hydrogen (secondary N) is 1. The summed E-state index contributed by atoms with van der Waals surface area (Å²) in [5.74, 6) is 0. The van der Waals surface area contributed by atoms with Gasteiger partial charge in [0, 0.05) is 34.6 Å². The first-order chi connectivity index (χ1) is 14.7. The van der Waals surface area contributed by atoms with Crippen LogP contribution in [0.2, 0.25) is 5.02 Å². The summed E-state index contributed by atoms with van der Waals surface area (Å²) in [6, 6.07) is 12.8. The Kier molecular flexibility index (Phi) is 7.72. The number of rotatable bonds is 10. The second-order valence-corrected chi connectivity index (χ2v) is 9.37. The number of hydrogen-bond donors (Lipinski definition) is 2. The van der Waals surface area contributed by atoms with Gasteiger partial charge in [0.15, 0.2) is 0 Å². The molecule has 0 aliphatic rings. The van der Waals surface area contributed by atoms with Crippen LogP contribution in [-0.4, -0.2) is 37.5 Å². The smallest absolute Gasteiger partial charge is 0.238 e. The Morgan fingerprint density at radius 3 is 2.71 bits per heavy atom. The first-order valence-electron chi connectivity index (χ1n) is 10.0. The van der Waals surface area contributed by atoms with Gasteiger partial charge in [-0.2, -0.15) is 5.10 Å². The van der Waals surface area contributed by atoms with Gasteiger partial charge in [-0.15, -0.1) is 0 Å². The third-order valence-electron chi connectivity index (χ3n) is 4.69. The van der Waals surface area contributed by atoms with Crippen molar-refractivity contribution in [2.45, 2.75) is 37.8 Å². The fraction of sp³-hybridized carbons (Fsp3) is 0.318. The first kappa shape index (κ1) is 23.3. The molecule has 0 saturated heterocycles. The quantitative estimate of drug-likeness (QED) is 0.475. The van der Waals surface area contributed by atoms with Crippen LogP contribution in [0.3, 0.4) is 0 Å². The molecular weight excluding hydrogens is 436 g/mol. The van der Waals surface area contributed by atoms with Crippen molar-refractivity contribution in [3.05, 3.63) is 65.4 Å². The fourth-order valence-electron chi connectivity index (χ4n) is 3.16. The molecule has 0 atom stereocenters. The molecule has 0 unspecified atom stereocenters. The Labute approximate surface area is 188 Å². The van der Waals surface area contributed by atoms with Crippen molar-refractivity contribution in [3.8, 4) is 11.1 Å². The number of anilines is 1. The van der Waals surface area contributed by atoms with Crippen molar-refractivity contribution < 1.29 is 13.2 Å². The number of hydrogen-bond acceptors (Lipinski definition) is 5. The van der Waals surface area contributed by atoms with E-state index in [2.05, 4.69) is 10.4 Å². The van der Waals surface area contributed by atoms with E-state index in [1.54, 1.807) is 29.2 Å². The van der Waals surface area contributed by atoms with Crippen LogP contribution in [0.1, 0.15) is 19.4 Å². The largest absolute Gasteiger partial charge is 0.385 e. The summed E-state index contributed by atoms with van der Waals surface area (Å²) < 4.78 is 31.8. The van der Waals surface area contributed by atoms with Crippen LogP contribution in [0.15, 0.2) is 59.8 Å². The highest BCUT2D eigenvalue weighted by Crippen LogP contribution is 2.29. The zero-order valence-corrected chi connectivity index (χ0v) is 19.2. The lowest BCUT2D eigenvalue weighted by molar-refractivity contribution is 0.0710. The van der Waals surface area contributed by atoms with Crippen molar-refractivity contribution in [1.82, 2.24) is 9.78 Å². The molecule has 1 heterocycles. The number of sulfonamides is 1. The summed E-state index contributed by atoms with van der Waals surface area (Å²) in [6.45, 7) is 5.63. The Morgan fingerprint density at radius 1 is 1.23 bits per heavy atom. The molecule has 0 amide bonds. The molecule has 2 aromatic carbocycles. The van der Waals surface area contributed by atoms with E-state index in [0.29, 0.717) is 48.0 Å². The molecule has 0 spiro atoms. The maximum Gasteiger partial charge on any atom is 0.238 e. The van der Waals surface area contributed by atoms with E-state index in [-0.39, 0.29) is 11.0 Å². The topological polar surface area (TPSA) is 99.2 Å². The second-order valence-electron chi connectivity index (χ2n) is 7.44. The number of primary sulfonamides is 1. The molecule has 3 aromatic rings. The number of aromatic nitrogens is 2. The van der Waals surface area contributed by atoms with Crippen molar-refractivity contribution in [3.63, 3.8) is 0 Å². The van der Waals surface area contributed by atoms with Crippen LogP contribution in [0, 0.1) is 0 Å². The zero-order chi connectivity index (χ0) is 22.4. The lowest BCUT2D eigenvalue weighted by Gasteiger charge is -2.12. The molecule has 31 heavy (non-hydrogen) atoms. The van der Waals surface area contributed by atoms with Gasteiger partial charge in [-0.3, -0.25) is 4.68 Å². The van der Waals surface area contributed by atoms with Gasteiger partial charge < -0.3 is 10.1 Å². The summed E-state index contributed by atoms with van der Waals surface area (Å²) in [7, 11) is -3.93. The van der Waals surface area contributed by atoms with Crippen LogP contribution in [-0.2, 0) is 27.7 Å².